The van der Waals surface area contributed by atoms with Crippen LogP contribution in [0.1, 0.15) is 19.4 Å². The number of amides is 1. The number of rotatable bonds is 3. The van der Waals surface area contributed by atoms with E-state index in [0.717, 1.165) is 5.56 Å². The van der Waals surface area contributed by atoms with Crippen molar-refractivity contribution in [3.63, 3.8) is 0 Å². The number of hydrogen-bond donors (Lipinski definition) is 1. The third kappa shape index (κ3) is 3.47. The second kappa shape index (κ2) is 4.13. The van der Waals surface area contributed by atoms with E-state index in [1.54, 1.807) is 0 Å². The van der Waals surface area contributed by atoms with Crippen molar-refractivity contribution in [2.24, 2.45) is 5.73 Å². The van der Waals surface area contributed by atoms with E-state index in [9.17, 15) is 4.79 Å². The van der Waals surface area contributed by atoms with Crippen molar-refractivity contribution in [3.8, 4) is 0 Å². The summed E-state index contributed by atoms with van der Waals surface area (Å²) in [7, 11) is 0. The maximum atomic E-state index is 10.6. The van der Waals surface area contributed by atoms with Gasteiger partial charge in [-0.2, -0.15) is 0 Å². The lowest BCUT2D eigenvalue weighted by molar-refractivity contribution is 0.0460. The van der Waals surface area contributed by atoms with Gasteiger partial charge >= 0.3 is 6.09 Å². The van der Waals surface area contributed by atoms with E-state index in [1.165, 1.54) is 0 Å². The fourth-order valence-corrected chi connectivity index (χ4v) is 1.40. The molecule has 0 bridgehead atoms. The summed E-state index contributed by atoms with van der Waals surface area (Å²) in [4.78, 5) is 10.6. The van der Waals surface area contributed by atoms with Crippen LogP contribution in [0, 0.1) is 0 Å². The highest BCUT2D eigenvalue weighted by molar-refractivity contribution is 5.65. The van der Waals surface area contributed by atoms with Gasteiger partial charge in [-0.3, -0.25) is 0 Å². The van der Waals surface area contributed by atoms with E-state index < -0.39 is 11.7 Å². The molecule has 3 nitrogen and oxygen atoms in total. The first kappa shape index (κ1) is 10.6. The molecule has 3 heteroatoms. The van der Waals surface area contributed by atoms with Crippen LogP contribution in [0.25, 0.3) is 0 Å². The van der Waals surface area contributed by atoms with E-state index in [-0.39, 0.29) is 0 Å². The van der Waals surface area contributed by atoms with Crippen molar-refractivity contribution in [2.75, 3.05) is 0 Å². The highest BCUT2D eigenvalue weighted by atomic mass is 16.6. The van der Waals surface area contributed by atoms with E-state index in [0.29, 0.717) is 6.42 Å². The molecule has 0 radical (unpaired) electrons. The van der Waals surface area contributed by atoms with Crippen LogP contribution in [0.5, 0.6) is 0 Å². The van der Waals surface area contributed by atoms with Crippen LogP contribution in [0.15, 0.2) is 30.3 Å². The first-order chi connectivity index (χ1) is 6.49. The second-order valence-corrected chi connectivity index (χ2v) is 3.84. The van der Waals surface area contributed by atoms with Crippen LogP contribution in [0.3, 0.4) is 0 Å². The van der Waals surface area contributed by atoms with Crippen molar-refractivity contribution >= 4 is 6.09 Å². The third-order valence-electron chi connectivity index (χ3n) is 1.85. The van der Waals surface area contributed by atoms with Gasteiger partial charge in [-0.15, -0.1) is 0 Å². The molecule has 1 aromatic rings. The zero-order valence-electron chi connectivity index (χ0n) is 8.49. The van der Waals surface area contributed by atoms with Crippen LogP contribution < -0.4 is 5.73 Å². The Kier molecular flexibility index (Phi) is 3.12. The number of primary amides is 1. The summed E-state index contributed by atoms with van der Waals surface area (Å²) in [5.41, 5.74) is 5.55. The van der Waals surface area contributed by atoms with Gasteiger partial charge in [-0.25, -0.2) is 4.79 Å². The summed E-state index contributed by atoms with van der Waals surface area (Å²) in [6.45, 7) is 3.68. The number of carbonyl (C=O) groups excluding carboxylic acids is 1. The molecule has 2 N–H and O–H groups in total. The van der Waals surface area contributed by atoms with Gasteiger partial charge in [-0.1, -0.05) is 30.3 Å². The van der Waals surface area contributed by atoms with Crippen molar-refractivity contribution < 1.29 is 9.53 Å². The molecule has 0 saturated heterocycles. The molecule has 0 aliphatic rings. The summed E-state index contributed by atoms with van der Waals surface area (Å²) in [6.07, 6.45) is -0.0671. The summed E-state index contributed by atoms with van der Waals surface area (Å²) < 4.78 is 4.98. The Morgan fingerprint density at radius 2 is 1.93 bits per heavy atom. The van der Waals surface area contributed by atoms with Gasteiger partial charge in [0.15, 0.2) is 0 Å². The first-order valence-electron chi connectivity index (χ1n) is 4.52. The van der Waals surface area contributed by atoms with Crippen LogP contribution >= 0.6 is 0 Å². The van der Waals surface area contributed by atoms with Gasteiger partial charge in [0, 0.05) is 6.42 Å². The van der Waals surface area contributed by atoms with Crippen LogP contribution in [-0.2, 0) is 11.2 Å². The lowest BCUT2D eigenvalue weighted by Crippen LogP contribution is -2.33. The molecule has 0 atom stereocenters. The fraction of sp³-hybridized carbons (Fsp3) is 0.364. The zero-order chi connectivity index (χ0) is 10.6. The van der Waals surface area contributed by atoms with Crippen LogP contribution in [-0.4, -0.2) is 11.7 Å². The van der Waals surface area contributed by atoms with E-state index in [1.807, 2.05) is 44.2 Å². The molecule has 1 amide bonds. The molecule has 0 saturated carbocycles. The maximum absolute atomic E-state index is 10.6. The molecular weight excluding hydrogens is 178 g/mol. The predicted octanol–water partition coefficient (Wildman–Crippen LogP) is 2.10. The van der Waals surface area contributed by atoms with E-state index in [2.05, 4.69) is 0 Å². The molecule has 76 valence electrons. The maximum Gasteiger partial charge on any atom is 0.405 e. The third-order valence-corrected chi connectivity index (χ3v) is 1.85. The molecule has 1 aromatic carbocycles. The molecule has 14 heavy (non-hydrogen) atoms. The van der Waals surface area contributed by atoms with Crippen molar-refractivity contribution in [1.29, 1.82) is 0 Å². The van der Waals surface area contributed by atoms with Gasteiger partial charge in [0.1, 0.15) is 5.60 Å². The Balaban J connectivity index is 2.63. The summed E-state index contributed by atoms with van der Waals surface area (Å²) in [5.74, 6) is 0. The Morgan fingerprint density at radius 1 is 1.36 bits per heavy atom. The number of nitrogens with two attached hydrogens (primary N) is 1. The van der Waals surface area contributed by atoms with Crippen LogP contribution in [0.2, 0.25) is 0 Å². The lowest BCUT2D eigenvalue weighted by atomic mass is 9.98. The molecule has 0 aliphatic carbocycles. The normalized spacial score (nSPS) is 11.0. The lowest BCUT2D eigenvalue weighted by Gasteiger charge is -2.23. The minimum absolute atomic E-state index is 0.548. The number of ether oxygens (including phenoxy) is 1. The van der Waals surface area contributed by atoms with Crippen LogP contribution in [0.4, 0.5) is 4.79 Å². The van der Waals surface area contributed by atoms with Gasteiger partial charge in [-0.05, 0) is 19.4 Å². The van der Waals surface area contributed by atoms with E-state index >= 15 is 0 Å². The quantitative estimate of drug-likeness (QED) is 0.799. The number of hydrogen-bond acceptors (Lipinski definition) is 2. The Morgan fingerprint density at radius 3 is 2.43 bits per heavy atom. The smallest absolute Gasteiger partial charge is 0.405 e. The second-order valence-electron chi connectivity index (χ2n) is 3.84. The van der Waals surface area contributed by atoms with Gasteiger partial charge in [0.25, 0.3) is 0 Å². The van der Waals surface area contributed by atoms with Crippen molar-refractivity contribution in [1.82, 2.24) is 0 Å². The minimum atomic E-state index is -0.731. The monoisotopic (exact) mass is 193 g/mol. The summed E-state index contributed by atoms with van der Waals surface area (Å²) in [6, 6.07) is 9.84. The molecule has 0 unspecified atom stereocenters. The van der Waals surface area contributed by atoms with Gasteiger partial charge in [0.05, 0.1) is 0 Å². The van der Waals surface area contributed by atoms with E-state index in [4.69, 9.17) is 10.5 Å². The Bertz CT molecular complexity index is 306. The molecule has 0 spiro atoms. The molecule has 0 heterocycles. The largest absolute Gasteiger partial charge is 0.443 e. The Hall–Kier alpha value is -1.51. The minimum Gasteiger partial charge on any atom is -0.443 e. The highest BCUT2D eigenvalue weighted by Gasteiger charge is 2.21. The average molecular weight is 193 g/mol. The molecule has 0 fully saturated rings. The van der Waals surface area contributed by atoms with Crippen molar-refractivity contribution in [2.45, 2.75) is 25.9 Å². The van der Waals surface area contributed by atoms with Gasteiger partial charge < -0.3 is 10.5 Å². The fourth-order valence-electron chi connectivity index (χ4n) is 1.40. The van der Waals surface area contributed by atoms with Gasteiger partial charge in [0.2, 0.25) is 0 Å². The molecular formula is C11H15NO2. The average Bonchev–Trinajstić information content (AvgIpc) is 2.02. The number of carbonyl (C=O) groups is 1. The molecule has 0 aliphatic heterocycles. The number of benzene rings is 1. The Labute approximate surface area is 83.9 Å². The standard InChI is InChI=1S/C11H15NO2/c1-11(2,14-10(12)13)8-9-6-4-3-5-7-9/h3-7H,8H2,1-2H3,(H2,12,13). The predicted molar refractivity (Wildman–Crippen MR) is 54.9 cm³/mol. The molecule has 0 aromatic heterocycles. The zero-order valence-corrected chi connectivity index (χ0v) is 8.49. The topological polar surface area (TPSA) is 52.3 Å². The molecule has 1 rings (SSSR count). The SMILES string of the molecule is CC(C)(Cc1ccccc1)OC(N)=O. The summed E-state index contributed by atoms with van der Waals surface area (Å²) >= 11 is 0. The first-order valence-corrected chi connectivity index (χ1v) is 4.52. The van der Waals surface area contributed by atoms with Crippen molar-refractivity contribution in [3.05, 3.63) is 35.9 Å². The summed E-state index contributed by atoms with van der Waals surface area (Å²) in [5, 5.41) is 0. The highest BCUT2D eigenvalue weighted by Crippen LogP contribution is 2.16.